The highest BCUT2D eigenvalue weighted by Gasteiger charge is 2.33. The highest BCUT2D eigenvalue weighted by molar-refractivity contribution is 6.25. The molecule has 1 aromatic rings. The van der Waals surface area contributed by atoms with Crippen LogP contribution in [0, 0.1) is 0 Å². The lowest BCUT2D eigenvalue weighted by atomic mass is 9.95. The maximum absolute atomic E-state index is 12.0. The number of aliphatic hydroxyl groups excluding tert-OH is 1. The van der Waals surface area contributed by atoms with Crippen molar-refractivity contribution in [2.45, 2.75) is 13.5 Å². The predicted octanol–water partition coefficient (Wildman–Crippen LogP) is 0.851. The SMILES string of the molecule is COc1c2c(n(C)c1CO)C(=O)C=C(C)C2=O. The van der Waals surface area contributed by atoms with E-state index in [1.165, 1.54) is 17.8 Å². The molecule has 1 heterocycles. The molecule has 0 saturated carbocycles. The molecule has 0 radical (unpaired) electrons. The summed E-state index contributed by atoms with van der Waals surface area (Å²) in [5.41, 5.74) is 1.35. The van der Waals surface area contributed by atoms with E-state index in [0.29, 0.717) is 11.3 Å². The van der Waals surface area contributed by atoms with Crippen LogP contribution in [0.3, 0.4) is 0 Å². The molecule has 5 heteroatoms. The smallest absolute Gasteiger partial charge is 0.203 e. The molecule has 1 aliphatic carbocycles. The van der Waals surface area contributed by atoms with Crippen LogP contribution in [0.25, 0.3) is 0 Å². The van der Waals surface area contributed by atoms with Gasteiger partial charge in [0.1, 0.15) is 5.69 Å². The zero-order chi connectivity index (χ0) is 12.7. The van der Waals surface area contributed by atoms with Crippen molar-refractivity contribution in [1.82, 2.24) is 4.57 Å². The molecule has 0 saturated heterocycles. The number of carbonyl (C=O) groups is 2. The molecule has 0 amide bonds. The second kappa shape index (κ2) is 3.85. The Morgan fingerprint density at radius 1 is 1.41 bits per heavy atom. The summed E-state index contributed by atoms with van der Waals surface area (Å²) in [6, 6.07) is 0. The molecule has 0 fully saturated rings. The van der Waals surface area contributed by atoms with Crippen molar-refractivity contribution >= 4 is 11.6 Å². The number of methoxy groups -OCH3 is 1. The van der Waals surface area contributed by atoms with Crippen molar-refractivity contribution in [3.63, 3.8) is 0 Å². The molecule has 90 valence electrons. The molecule has 0 spiro atoms. The maximum atomic E-state index is 12.0. The Hall–Kier alpha value is -1.88. The Balaban J connectivity index is 2.81. The lowest BCUT2D eigenvalue weighted by molar-refractivity contribution is 0.0978. The van der Waals surface area contributed by atoms with E-state index < -0.39 is 0 Å². The topological polar surface area (TPSA) is 68.5 Å². The van der Waals surface area contributed by atoms with E-state index >= 15 is 0 Å². The van der Waals surface area contributed by atoms with Gasteiger partial charge in [0, 0.05) is 12.6 Å². The van der Waals surface area contributed by atoms with E-state index in [1.807, 2.05) is 0 Å². The normalized spacial score (nSPS) is 14.7. The number of allylic oxidation sites excluding steroid dienone is 2. The van der Waals surface area contributed by atoms with Gasteiger partial charge in [0.2, 0.25) is 5.78 Å². The lowest BCUT2D eigenvalue weighted by Crippen LogP contribution is -2.17. The van der Waals surface area contributed by atoms with E-state index in [2.05, 4.69) is 0 Å². The largest absolute Gasteiger partial charge is 0.494 e. The molecule has 1 N–H and O–H groups in total. The molecule has 2 rings (SSSR count). The fraction of sp³-hybridized carbons (Fsp3) is 0.333. The minimum absolute atomic E-state index is 0.230. The minimum atomic E-state index is -0.285. The van der Waals surface area contributed by atoms with Gasteiger partial charge in [-0.15, -0.1) is 0 Å². The van der Waals surface area contributed by atoms with Crippen molar-refractivity contribution in [3.8, 4) is 5.75 Å². The van der Waals surface area contributed by atoms with E-state index in [9.17, 15) is 14.7 Å². The van der Waals surface area contributed by atoms with Gasteiger partial charge in [0.15, 0.2) is 11.5 Å². The summed E-state index contributed by atoms with van der Waals surface area (Å²) in [4.78, 5) is 23.9. The van der Waals surface area contributed by atoms with Crippen LogP contribution in [0.5, 0.6) is 5.75 Å². The molecule has 0 aromatic carbocycles. The Bertz CT molecular complexity index is 551. The Morgan fingerprint density at radius 2 is 2.06 bits per heavy atom. The molecule has 0 bridgehead atoms. The molecule has 17 heavy (non-hydrogen) atoms. The van der Waals surface area contributed by atoms with Crippen LogP contribution in [0.2, 0.25) is 0 Å². The quantitative estimate of drug-likeness (QED) is 0.825. The third-order valence-corrected chi connectivity index (χ3v) is 2.99. The van der Waals surface area contributed by atoms with E-state index in [1.54, 1.807) is 14.0 Å². The number of hydrogen-bond donors (Lipinski definition) is 1. The fourth-order valence-electron chi connectivity index (χ4n) is 2.13. The monoisotopic (exact) mass is 235 g/mol. The van der Waals surface area contributed by atoms with Gasteiger partial charge in [-0.1, -0.05) is 0 Å². The van der Waals surface area contributed by atoms with Crippen LogP contribution in [-0.4, -0.2) is 28.3 Å². The average molecular weight is 235 g/mol. The zero-order valence-electron chi connectivity index (χ0n) is 9.90. The zero-order valence-corrected chi connectivity index (χ0v) is 9.90. The van der Waals surface area contributed by atoms with Gasteiger partial charge in [-0.05, 0) is 13.0 Å². The maximum Gasteiger partial charge on any atom is 0.203 e. The number of aliphatic hydroxyl groups is 1. The van der Waals surface area contributed by atoms with Crippen molar-refractivity contribution in [1.29, 1.82) is 0 Å². The minimum Gasteiger partial charge on any atom is -0.494 e. The highest BCUT2D eigenvalue weighted by atomic mass is 16.5. The van der Waals surface area contributed by atoms with Gasteiger partial charge < -0.3 is 14.4 Å². The number of rotatable bonds is 2. The standard InChI is InChI=1S/C12H13NO4/c1-6-4-8(15)10-9(11(6)16)12(17-3)7(5-14)13(10)2/h4,14H,5H2,1-3H3. The number of carbonyl (C=O) groups excluding carboxylic acids is 2. The molecular formula is C12H13NO4. The summed E-state index contributed by atoms with van der Waals surface area (Å²) in [5.74, 6) is -0.180. The second-order valence-corrected chi connectivity index (χ2v) is 3.94. The van der Waals surface area contributed by atoms with Crippen molar-refractivity contribution in [2.75, 3.05) is 7.11 Å². The van der Waals surface area contributed by atoms with Crippen LogP contribution in [0.1, 0.15) is 33.5 Å². The number of Topliss-reactive ketones (excluding diaryl/α,β-unsaturated/α-hetero) is 1. The first-order valence-corrected chi connectivity index (χ1v) is 5.16. The van der Waals surface area contributed by atoms with E-state index in [-0.39, 0.29) is 35.2 Å². The van der Waals surface area contributed by atoms with Crippen molar-refractivity contribution in [3.05, 3.63) is 28.6 Å². The average Bonchev–Trinajstić information content (AvgIpc) is 2.58. The van der Waals surface area contributed by atoms with Gasteiger partial charge in [0.05, 0.1) is 25.0 Å². The van der Waals surface area contributed by atoms with Gasteiger partial charge in [-0.2, -0.15) is 0 Å². The van der Waals surface area contributed by atoms with Gasteiger partial charge in [-0.3, -0.25) is 9.59 Å². The van der Waals surface area contributed by atoms with Crippen molar-refractivity contribution < 1.29 is 19.4 Å². The molecular weight excluding hydrogens is 222 g/mol. The van der Waals surface area contributed by atoms with Gasteiger partial charge in [-0.25, -0.2) is 0 Å². The first kappa shape index (κ1) is 11.6. The van der Waals surface area contributed by atoms with Crippen LogP contribution in [0.15, 0.2) is 11.6 Å². The molecule has 1 aromatic heterocycles. The van der Waals surface area contributed by atoms with Gasteiger partial charge in [0.25, 0.3) is 0 Å². The predicted molar refractivity (Wildman–Crippen MR) is 60.3 cm³/mol. The first-order valence-electron chi connectivity index (χ1n) is 5.16. The second-order valence-electron chi connectivity index (χ2n) is 3.94. The summed E-state index contributed by atoms with van der Waals surface area (Å²) < 4.78 is 6.65. The third-order valence-electron chi connectivity index (χ3n) is 2.99. The summed E-state index contributed by atoms with van der Waals surface area (Å²) >= 11 is 0. The van der Waals surface area contributed by atoms with Crippen LogP contribution in [0.4, 0.5) is 0 Å². The number of hydrogen-bond acceptors (Lipinski definition) is 4. The fourth-order valence-corrected chi connectivity index (χ4v) is 2.13. The van der Waals surface area contributed by atoms with Crippen molar-refractivity contribution in [2.24, 2.45) is 7.05 Å². The van der Waals surface area contributed by atoms with E-state index in [4.69, 9.17) is 4.74 Å². The van der Waals surface area contributed by atoms with Crippen LogP contribution < -0.4 is 4.74 Å². The number of fused-ring (bicyclic) bond motifs is 1. The van der Waals surface area contributed by atoms with E-state index in [0.717, 1.165) is 0 Å². The number of aromatic nitrogens is 1. The number of ether oxygens (including phenoxy) is 1. The van der Waals surface area contributed by atoms with Crippen LogP contribution in [-0.2, 0) is 13.7 Å². The number of ketones is 2. The Morgan fingerprint density at radius 3 is 2.59 bits per heavy atom. The Labute approximate surface area is 98.3 Å². The third kappa shape index (κ3) is 1.43. The van der Waals surface area contributed by atoms with Crippen LogP contribution >= 0.6 is 0 Å². The first-order chi connectivity index (χ1) is 8.02. The lowest BCUT2D eigenvalue weighted by Gasteiger charge is -2.10. The summed E-state index contributed by atoms with van der Waals surface area (Å²) in [6.45, 7) is 1.31. The van der Waals surface area contributed by atoms with Gasteiger partial charge >= 0.3 is 0 Å². The molecule has 1 aliphatic rings. The molecule has 0 unspecified atom stereocenters. The number of nitrogens with zero attached hydrogens (tertiary/aromatic N) is 1. The summed E-state index contributed by atoms with van der Waals surface area (Å²) in [5, 5.41) is 9.28. The molecule has 0 aliphatic heterocycles. The summed E-state index contributed by atoms with van der Waals surface area (Å²) in [7, 11) is 3.05. The molecule has 0 atom stereocenters. The Kier molecular flexibility index (Phi) is 2.63. The molecule has 5 nitrogen and oxygen atoms in total. The highest BCUT2D eigenvalue weighted by Crippen LogP contribution is 2.34. The summed E-state index contributed by atoms with van der Waals surface area (Å²) in [6.07, 6.45) is 1.31.